The third-order valence-corrected chi connectivity index (χ3v) is 8.96. The van der Waals surface area contributed by atoms with Crippen molar-refractivity contribution >= 4 is 22.7 Å². The van der Waals surface area contributed by atoms with Crippen LogP contribution in [0.5, 0.6) is 0 Å². The van der Waals surface area contributed by atoms with Crippen molar-refractivity contribution in [2.45, 2.75) is 59.0 Å². The predicted octanol–water partition coefficient (Wildman–Crippen LogP) is 9.59. The molecule has 36 heavy (non-hydrogen) atoms. The summed E-state index contributed by atoms with van der Waals surface area (Å²) < 4.78 is 0. The molecule has 2 aliphatic heterocycles. The molecule has 2 heteroatoms. The molecule has 0 saturated heterocycles. The molecule has 2 aliphatic rings. The zero-order chi connectivity index (χ0) is 24.9. The number of rotatable bonds is 5. The molecule has 2 atom stereocenters. The zero-order valence-corrected chi connectivity index (χ0v) is 21.9. The third kappa shape index (κ3) is 3.17. The summed E-state index contributed by atoms with van der Waals surface area (Å²) in [6, 6.07) is 35.9. The highest BCUT2D eigenvalue weighted by Crippen LogP contribution is 2.63. The molecule has 0 aromatic heterocycles. The maximum absolute atomic E-state index is 2.67. The van der Waals surface area contributed by atoms with Gasteiger partial charge in [0.2, 0.25) is 0 Å². The van der Waals surface area contributed by atoms with Crippen molar-refractivity contribution < 1.29 is 0 Å². The van der Waals surface area contributed by atoms with Gasteiger partial charge in [0.1, 0.15) is 6.17 Å². The maximum atomic E-state index is 2.67. The summed E-state index contributed by atoms with van der Waals surface area (Å²) in [6.45, 7) is 9.47. The molecule has 182 valence electrons. The van der Waals surface area contributed by atoms with Crippen LogP contribution < -0.4 is 9.80 Å². The third-order valence-electron chi connectivity index (χ3n) is 8.96. The minimum atomic E-state index is 0.132. The molecule has 6 rings (SSSR count). The normalized spacial score (nSPS) is 19.6. The number of hydrogen-bond donors (Lipinski definition) is 0. The Hall–Kier alpha value is -3.52. The Balaban J connectivity index is 1.59. The standard InChI is InChI=1S/C34H36N2/c1-5-28-27-17-11-12-18-30(27)36-32-20-14-13-19-31(32)35(33(36)34(28,6-2)7-3)29-22-21-26(23-24(29)4)25-15-9-8-10-16-25/h8-23,28,33H,5-7H2,1-4H3. The number of nitrogens with zero attached hydrogens (tertiary/aromatic N) is 2. The summed E-state index contributed by atoms with van der Waals surface area (Å²) >= 11 is 0. The van der Waals surface area contributed by atoms with Crippen molar-refractivity contribution in [3.63, 3.8) is 0 Å². The monoisotopic (exact) mass is 472 g/mol. The summed E-state index contributed by atoms with van der Waals surface area (Å²) in [7, 11) is 0. The average Bonchev–Trinajstić information content (AvgIpc) is 3.28. The van der Waals surface area contributed by atoms with Crippen LogP contribution in [0.25, 0.3) is 11.1 Å². The van der Waals surface area contributed by atoms with Gasteiger partial charge >= 0.3 is 0 Å². The number of anilines is 4. The van der Waals surface area contributed by atoms with E-state index in [0.29, 0.717) is 5.92 Å². The molecule has 0 bridgehead atoms. The van der Waals surface area contributed by atoms with Crippen LogP contribution in [-0.4, -0.2) is 6.17 Å². The number of hydrogen-bond acceptors (Lipinski definition) is 2. The molecule has 0 aliphatic carbocycles. The van der Waals surface area contributed by atoms with Crippen LogP contribution in [0.15, 0.2) is 97.1 Å². The summed E-state index contributed by atoms with van der Waals surface area (Å²) in [5.74, 6) is 0.519. The highest BCUT2D eigenvalue weighted by Gasteiger charge is 2.56. The minimum Gasteiger partial charge on any atom is -0.317 e. The number of aryl methyl sites for hydroxylation is 1. The van der Waals surface area contributed by atoms with E-state index in [1.807, 2.05) is 0 Å². The second-order valence-corrected chi connectivity index (χ2v) is 10.4. The molecule has 2 unspecified atom stereocenters. The Morgan fingerprint density at radius 2 is 1.19 bits per heavy atom. The number of benzene rings is 4. The highest BCUT2D eigenvalue weighted by molar-refractivity contribution is 5.91. The van der Waals surface area contributed by atoms with Crippen molar-refractivity contribution in [1.29, 1.82) is 0 Å². The lowest BCUT2D eigenvalue weighted by atomic mass is 9.62. The first-order chi connectivity index (χ1) is 17.6. The van der Waals surface area contributed by atoms with Gasteiger partial charge in [0.05, 0.1) is 11.4 Å². The largest absolute Gasteiger partial charge is 0.317 e. The first kappa shape index (κ1) is 22.9. The second kappa shape index (κ2) is 8.85. The van der Waals surface area contributed by atoms with Crippen molar-refractivity contribution in [2.75, 3.05) is 9.80 Å². The van der Waals surface area contributed by atoms with Gasteiger partial charge in [0.15, 0.2) is 0 Å². The molecule has 0 N–H and O–H groups in total. The van der Waals surface area contributed by atoms with E-state index in [4.69, 9.17) is 0 Å². The fraction of sp³-hybridized carbons (Fsp3) is 0.294. The molecule has 0 fully saturated rings. The lowest BCUT2D eigenvalue weighted by Gasteiger charge is -2.55. The Kier molecular flexibility index (Phi) is 5.63. The quantitative estimate of drug-likeness (QED) is 0.285. The predicted molar refractivity (Wildman–Crippen MR) is 154 cm³/mol. The van der Waals surface area contributed by atoms with Gasteiger partial charge in [-0.1, -0.05) is 87.5 Å². The highest BCUT2D eigenvalue weighted by atomic mass is 15.4. The van der Waals surface area contributed by atoms with E-state index < -0.39 is 0 Å². The van der Waals surface area contributed by atoms with Crippen LogP contribution in [0.2, 0.25) is 0 Å². The van der Waals surface area contributed by atoms with Crippen LogP contribution in [0.1, 0.15) is 57.1 Å². The van der Waals surface area contributed by atoms with Crippen LogP contribution >= 0.6 is 0 Å². The average molecular weight is 473 g/mol. The van der Waals surface area contributed by atoms with E-state index in [1.165, 1.54) is 45.0 Å². The number of fused-ring (bicyclic) bond motifs is 5. The fourth-order valence-electron chi connectivity index (χ4n) is 7.25. The molecular formula is C34H36N2. The van der Waals surface area contributed by atoms with E-state index in [0.717, 1.165) is 19.3 Å². The molecule has 2 heterocycles. The molecule has 4 aromatic rings. The molecule has 0 spiro atoms. The van der Waals surface area contributed by atoms with Gasteiger partial charge in [-0.25, -0.2) is 0 Å². The van der Waals surface area contributed by atoms with Crippen LogP contribution in [0, 0.1) is 12.3 Å². The fourth-order valence-corrected chi connectivity index (χ4v) is 7.25. The van der Waals surface area contributed by atoms with E-state index in [9.17, 15) is 0 Å². The molecule has 4 aromatic carbocycles. The first-order valence-electron chi connectivity index (χ1n) is 13.6. The lowest BCUT2D eigenvalue weighted by molar-refractivity contribution is 0.144. The maximum Gasteiger partial charge on any atom is 0.117 e. The minimum absolute atomic E-state index is 0.132. The molecule has 0 amide bonds. The van der Waals surface area contributed by atoms with E-state index in [2.05, 4.69) is 135 Å². The zero-order valence-electron chi connectivity index (χ0n) is 21.9. The SMILES string of the molecule is CCC1c2ccccc2N2c3ccccc3N(c3ccc(-c4ccccc4)cc3C)C2C1(CC)CC. The van der Waals surface area contributed by atoms with Gasteiger partial charge in [0, 0.05) is 16.8 Å². The Morgan fingerprint density at radius 3 is 1.81 bits per heavy atom. The van der Waals surface area contributed by atoms with Gasteiger partial charge in [-0.05, 0) is 84.7 Å². The van der Waals surface area contributed by atoms with Crippen LogP contribution in [0.4, 0.5) is 22.7 Å². The van der Waals surface area contributed by atoms with E-state index in [1.54, 1.807) is 0 Å². The summed E-state index contributed by atoms with van der Waals surface area (Å²) in [5.41, 5.74) is 10.8. The number of para-hydroxylation sites is 3. The summed E-state index contributed by atoms with van der Waals surface area (Å²) in [6.07, 6.45) is 3.68. The van der Waals surface area contributed by atoms with Gasteiger partial charge in [-0.15, -0.1) is 0 Å². The van der Waals surface area contributed by atoms with Crippen molar-refractivity contribution in [2.24, 2.45) is 5.41 Å². The molecule has 0 radical (unpaired) electrons. The molecular weight excluding hydrogens is 436 g/mol. The summed E-state index contributed by atoms with van der Waals surface area (Å²) in [5, 5.41) is 0. The lowest BCUT2D eigenvalue weighted by Crippen LogP contribution is -2.57. The molecule has 0 saturated carbocycles. The van der Waals surface area contributed by atoms with Crippen molar-refractivity contribution in [3.8, 4) is 11.1 Å². The van der Waals surface area contributed by atoms with Crippen LogP contribution in [-0.2, 0) is 0 Å². The molecule has 2 nitrogen and oxygen atoms in total. The van der Waals surface area contributed by atoms with E-state index >= 15 is 0 Å². The van der Waals surface area contributed by atoms with Crippen LogP contribution in [0.3, 0.4) is 0 Å². The second-order valence-electron chi connectivity index (χ2n) is 10.4. The van der Waals surface area contributed by atoms with Crippen molar-refractivity contribution in [1.82, 2.24) is 0 Å². The first-order valence-corrected chi connectivity index (χ1v) is 13.6. The van der Waals surface area contributed by atoms with Gasteiger partial charge in [0.25, 0.3) is 0 Å². The van der Waals surface area contributed by atoms with Gasteiger partial charge < -0.3 is 9.80 Å². The Bertz CT molecular complexity index is 1390. The summed E-state index contributed by atoms with van der Waals surface area (Å²) in [4.78, 5) is 5.33. The van der Waals surface area contributed by atoms with Gasteiger partial charge in [-0.2, -0.15) is 0 Å². The Labute approximate surface area is 216 Å². The van der Waals surface area contributed by atoms with Gasteiger partial charge in [-0.3, -0.25) is 0 Å². The van der Waals surface area contributed by atoms with Crippen molar-refractivity contribution in [3.05, 3.63) is 108 Å². The van der Waals surface area contributed by atoms with E-state index in [-0.39, 0.29) is 11.6 Å². The smallest absolute Gasteiger partial charge is 0.117 e. The topological polar surface area (TPSA) is 6.48 Å². The Morgan fingerprint density at radius 1 is 0.611 bits per heavy atom.